The van der Waals surface area contributed by atoms with E-state index in [4.69, 9.17) is 9.47 Å². The molecule has 0 aromatic carbocycles. The smallest absolute Gasteiger partial charge is 0.336 e. The van der Waals surface area contributed by atoms with Gasteiger partial charge in [0.2, 0.25) is 0 Å². The van der Waals surface area contributed by atoms with Crippen molar-refractivity contribution in [3.05, 3.63) is 44.9 Å². The fourth-order valence-electron chi connectivity index (χ4n) is 3.09. The lowest BCUT2D eigenvalue weighted by molar-refractivity contribution is -0.144. The summed E-state index contributed by atoms with van der Waals surface area (Å²) < 4.78 is 10.8. The number of hydrogen-bond donors (Lipinski definition) is 2. The Kier molecular flexibility index (Phi) is 6.61. The summed E-state index contributed by atoms with van der Waals surface area (Å²) in [5.74, 6) is -2.05. The molecule has 2 heterocycles. The highest BCUT2D eigenvalue weighted by Crippen LogP contribution is 2.39. The van der Waals surface area contributed by atoms with Crippen LogP contribution in [0.3, 0.4) is 0 Å². The van der Waals surface area contributed by atoms with Crippen molar-refractivity contribution in [3.63, 3.8) is 0 Å². The highest BCUT2D eigenvalue weighted by atomic mass is 32.1. The fraction of sp³-hybridized carbons (Fsp3) is 0.474. The Labute approximate surface area is 157 Å². The van der Waals surface area contributed by atoms with Crippen LogP contribution in [-0.4, -0.2) is 36.9 Å². The van der Waals surface area contributed by atoms with Gasteiger partial charge in [-0.2, -0.15) is 11.3 Å². The monoisotopic (exact) mass is 379 g/mol. The van der Waals surface area contributed by atoms with E-state index < -0.39 is 17.9 Å². The molecule has 0 fully saturated rings. The Hall–Kier alpha value is -2.12. The maximum absolute atomic E-state index is 12.8. The van der Waals surface area contributed by atoms with Crippen LogP contribution in [0.5, 0.6) is 0 Å². The number of carbonyl (C=O) groups excluding carboxylic acids is 1. The number of aliphatic carboxylic acids is 1. The summed E-state index contributed by atoms with van der Waals surface area (Å²) in [7, 11) is 1.58. The standard InChI is InChI=1S/C19H25NO5S/c1-10(2)14(24-5)8-25-19(23)16-12(4)20-11(3)15(18(21)22)17(16)13-6-7-26-9-13/h6-7,9-10,14,17,20H,8H2,1-5H3,(H,21,22). The lowest BCUT2D eigenvalue weighted by Crippen LogP contribution is -2.33. The van der Waals surface area contributed by atoms with Gasteiger partial charge in [0, 0.05) is 18.5 Å². The van der Waals surface area contributed by atoms with Crippen LogP contribution in [0.2, 0.25) is 0 Å². The molecule has 2 rings (SSSR count). The number of methoxy groups -OCH3 is 1. The Morgan fingerprint density at radius 1 is 1.27 bits per heavy atom. The zero-order valence-corrected chi connectivity index (χ0v) is 16.5. The summed E-state index contributed by atoms with van der Waals surface area (Å²) in [4.78, 5) is 24.7. The number of carboxylic acid groups (broad SMARTS) is 1. The Balaban J connectivity index is 2.36. The van der Waals surface area contributed by atoms with E-state index in [1.807, 2.05) is 30.7 Å². The lowest BCUT2D eigenvalue weighted by Gasteiger charge is -2.29. The van der Waals surface area contributed by atoms with Gasteiger partial charge in [0.15, 0.2) is 0 Å². The molecule has 1 aromatic rings. The van der Waals surface area contributed by atoms with E-state index in [9.17, 15) is 14.7 Å². The molecule has 0 aliphatic carbocycles. The normalized spacial score (nSPS) is 18.8. The third-order valence-corrected chi connectivity index (χ3v) is 5.21. The Morgan fingerprint density at radius 3 is 2.42 bits per heavy atom. The summed E-state index contributed by atoms with van der Waals surface area (Å²) in [6.07, 6.45) is -0.216. The second-order valence-corrected chi connectivity index (χ2v) is 7.39. The van der Waals surface area contributed by atoms with Gasteiger partial charge in [-0.05, 0) is 42.2 Å². The molecule has 0 saturated heterocycles. The zero-order chi connectivity index (χ0) is 19.4. The molecular formula is C19H25NO5S. The van der Waals surface area contributed by atoms with Gasteiger partial charge in [0.05, 0.1) is 23.2 Å². The second kappa shape index (κ2) is 8.51. The Morgan fingerprint density at radius 2 is 1.92 bits per heavy atom. The minimum Gasteiger partial charge on any atom is -0.478 e. The zero-order valence-electron chi connectivity index (χ0n) is 15.7. The van der Waals surface area contributed by atoms with Crippen molar-refractivity contribution >= 4 is 23.3 Å². The average molecular weight is 379 g/mol. The van der Waals surface area contributed by atoms with E-state index in [2.05, 4.69) is 5.32 Å². The highest BCUT2D eigenvalue weighted by molar-refractivity contribution is 7.08. The van der Waals surface area contributed by atoms with Crippen LogP contribution in [-0.2, 0) is 19.1 Å². The van der Waals surface area contributed by atoms with E-state index in [1.54, 1.807) is 21.0 Å². The number of nitrogens with one attached hydrogen (secondary N) is 1. The highest BCUT2D eigenvalue weighted by Gasteiger charge is 2.37. The molecule has 1 aromatic heterocycles. The van der Waals surface area contributed by atoms with Crippen molar-refractivity contribution < 1.29 is 24.2 Å². The van der Waals surface area contributed by atoms with E-state index >= 15 is 0 Å². The predicted molar refractivity (Wildman–Crippen MR) is 99.8 cm³/mol. The molecule has 0 amide bonds. The summed E-state index contributed by atoms with van der Waals surface area (Å²) >= 11 is 1.46. The first-order valence-electron chi connectivity index (χ1n) is 8.41. The van der Waals surface area contributed by atoms with Crippen LogP contribution in [0.4, 0.5) is 0 Å². The van der Waals surface area contributed by atoms with Crippen molar-refractivity contribution in [2.24, 2.45) is 5.92 Å². The second-order valence-electron chi connectivity index (χ2n) is 6.61. The lowest BCUT2D eigenvalue weighted by atomic mass is 9.81. The molecule has 2 N–H and O–H groups in total. The molecule has 0 spiro atoms. The minimum absolute atomic E-state index is 0.116. The van der Waals surface area contributed by atoms with Crippen molar-refractivity contribution in [1.82, 2.24) is 5.32 Å². The van der Waals surface area contributed by atoms with Crippen LogP contribution in [0.15, 0.2) is 39.4 Å². The number of esters is 1. The first-order valence-corrected chi connectivity index (χ1v) is 9.36. The number of ether oxygens (including phenoxy) is 2. The number of dihydropyridines is 1. The van der Waals surface area contributed by atoms with Crippen LogP contribution in [0.1, 0.15) is 39.2 Å². The van der Waals surface area contributed by atoms with E-state index in [-0.39, 0.29) is 24.2 Å². The third-order valence-electron chi connectivity index (χ3n) is 4.51. The van der Waals surface area contributed by atoms with Gasteiger partial charge in [-0.1, -0.05) is 13.8 Å². The van der Waals surface area contributed by atoms with Gasteiger partial charge in [-0.25, -0.2) is 9.59 Å². The van der Waals surface area contributed by atoms with Crippen molar-refractivity contribution in [3.8, 4) is 0 Å². The summed E-state index contributed by atoms with van der Waals surface area (Å²) in [6.45, 7) is 7.54. The summed E-state index contributed by atoms with van der Waals surface area (Å²) in [6, 6.07) is 1.84. The largest absolute Gasteiger partial charge is 0.478 e. The maximum atomic E-state index is 12.8. The van der Waals surface area contributed by atoms with Crippen molar-refractivity contribution in [2.75, 3.05) is 13.7 Å². The molecule has 2 atom stereocenters. The number of hydrogen-bond acceptors (Lipinski definition) is 6. The number of thiophene rings is 1. The average Bonchev–Trinajstić information content (AvgIpc) is 3.07. The molecule has 0 bridgehead atoms. The Bertz CT molecular complexity index is 733. The van der Waals surface area contributed by atoms with Gasteiger partial charge < -0.3 is 19.9 Å². The van der Waals surface area contributed by atoms with Crippen LogP contribution in [0.25, 0.3) is 0 Å². The van der Waals surface area contributed by atoms with Gasteiger partial charge in [0.25, 0.3) is 0 Å². The van der Waals surface area contributed by atoms with Gasteiger partial charge >= 0.3 is 11.9 Å². The number of allylic oxidation sites excluding steroid dienone is 2. The first-order chi connectivity index (χ1) is 12.3. The number of rotatable bonds is 7. The predicted octanol–water partition coefficient (Wildman–Crippen LogP) is 3.28. The topological polar surface area (TPSA) is 84.9 Å². The van der Waals surface area contributed by atoms with Gasteiger partial charge in [-0.3, -0.25) is 0 Å². The number of carbonyl (C=O) groups is 2. The summed E-state index contributed by atoms with van der Waals surface area (Å²) in [5, 5.41) is 16.4. The molecule has 0 radical (unpaired) electrons. The third kappa shape index (κ3) is 4.16. The number of carboxylic acids is 1. The van der Waals surface area contributed by atoms with Crippen LogP contribution >= 0.6 is 11.3 Å². The van der Waals surface area contributed by atoms with Crippen molar-refractivity contribution in [1.29, 1.82) is 0 Å². The van der Waals surface area contributed by atoms with Gasteiger partial charge in [0.1, 0.15) is 6.61 Å². The molecule has 1 aliphatic heterocycles. The quantitative estimate of drug-likeness (QED) is 0.707. The molecular weight excluding hydrogens is 354 g/mol. The molecule has 142 valence electrons. The molecule has 7 heteroatoms. The molecule has 1 aliphatic rings. The molecule has 0 saturated carbocycles. The molecule has 2 unspecified atom stereocenters. The van der Waals surface area contributed by atoms with E-state index in [1.165, 1.54) is 11.3 Å². The van der Waals surface area contributed by atoms with E-state index in [0.29, 0.717) is 17.0 Å². The van der Waals surface area contributed by atoms with Gasteiger partial charge in [-0.15, -0.1) is 0 Å². The molecule has 6 nitrogen and oxygen atoms in total. The fourth-order valence-corrected chi connectivity index (χ4v) is 3.77. The summed E-state index contributed by atoms with van der Waals surface area (Å²) in [5.41, 5.74) is 2.39. The minimum atomic E-state index is -1.05. The first kappa shape index (κ1) is 20.2. The molecule has 26 heavy (non-hydrogen) atoms. The van der Waals surface area contributed by atoms with E-state index in [0.717, 1.165) is 5.56 Å². The van der Waals surface area contributed by atoms with Crippen LogP contribution < -0.4 is 5.32 Å². The van der Waals surface area contributed by atoms with Crippen molar-refractivity contribution in [2.45, 2.75) is 39.7 Å². The maximum Gasteiger partial charge on any atom is 0.336 e. The SMILES string of the molecule is COC(COC(=O)C1=C(C)NC(C)=C(C(=O)O)C1c1ccsc1)C(C)C. The van der Waals surface area contributed by atoms with Crippen LogP contribution in [0, 0.1) is 5.92 Å².